The van der Waals surface area contributed by atoms with Crippen LogP contribution in [0.3, 0.4) is 0 Å². The standard InChI is InChI=1S/C12H15Cl2NOS/c1-12(16)7-15(8-12)4-5-17-11-6-9(13)2-3-10(11)14/h2-3,6,16H,4-5,7-8H2,1H3. The highest BCUT2D eigenvalue weighted by Crippen LogP contribution is 2.30. The predicted octanol–water partition coefficient (Wildman–Crippen LogP) is 3.15. The highest BCUT2D eigenvalue weighted by atomic mass is 35.5. The number of nitrogens with zero attached hydrogens (tertiary/aromatic N) is 1. The number of likely N-dealkylation sites (tertiary alicyclic amines) is 1. The molecular weight excluding hydrogens is 277 g/mol. The summed E-state index contributed by atoms with van der Waals surface area (Å²) in [6.45, 7) is 4.35. The monoisotopic (exact) mass is 291 g/mol. The van der Waals surface area contributed by atoms with E-state index in [2.05, 4.69) is 4.90 Å². The maximum Gasteiger partial charge on any atom is 0.0872 e. The van der Waals surface area contributed by atoms with Crippen molar-refractivity contribution in [2.24, 2.45) is 0 Å². The number of β-amino-alcohol motifs (C(OH)–C–C–N with tert-alkyl or cyclic N) is 1. The molecule has 0 aromatic heterocycles. The Hall–Kier alpha value is 0.0700. The van der Waals surface area contributed by atoms with E-state index in [1.165, 1.54) is 0 Å². The lowest BCUT2D eigenvalue weighted by Crippen LogP contribution is -2.60. The van der Waals surface area contributed by atoms with Crippen molar-refractivity contribution in [3.63, 3.8) is 0 Å². The highest BCUT2D eigenvalue weighted by Gasteiger charge is 2.35. The van der Waals surface area contributed by atoms with E-state index < -0.39 is 5.60 Å². The summed E-state index contributed by atoms with van der Waals surface area (Å²) in [4.78, 5) is 3.25. The SMILES string of the molecule is CC1(O)CN(CCSc2cc(Cl)ccc2Cl)C1. The average Bonchev–Trinajstić information content (AvgIpc) is 2.20. The van der Waals surface area contributed by atoms with Gasteiger partial charge in [-0.1, -0.05) is 23.2 Å². The molecule has 0 radical (unpaired) electrons. The van der Waals surface area contributed by atoms with Gasteiger partial charge in [0.25, 0.3) is 0 Å². The molecule has 0 atom stereocenters. The summed E-state index contributed by atoms with van der Waals surface area (Å²) in [5.41, 5.74) is -0.488. The second kappa shape index (κ2) is 5.37. The first kappa shape index (κ1) is 13.5. The van der Waals surface area contributed by atoms with E-state index in [-0.39, 0.29) is 0 Å². The lowest BCUT2D eigenvalue weighted by molar-refractivity contribution is -0.0801. The van der Waals surface area contributed by atoms with Gasteiger partial charge in [-0.25, -0.2) is 0 Å². The molecule has 2 nitrogen and oxygen atoms in total. The fourth-order valence-electron chi connectivity index (χ4n) is 1.95. The number of aliphatic hydroxyl groups is 1. The van der Waals surface area contributed by atoms with E-state index in [0.717, 1.165) is 35.3 Å². The first-order valence-corrected chi connectivity index (χ1v) is 7.23. The van der Waals surface area contributed by atoms with E-state index in [1.54, 1.807) is 17.8 Å². The van der Waals surface area contributed by atoms with Crippen molar-refractivity contribution in [3.05, 3.63) is 28.2 Å². The smallest absolute Gasteiger partial charge is 0.0872 e. The zero-order valence-corrected chi connectivity index (χ0v) is 11.9. The van der Waals surface area contributed by atoms with E-state index in [0.29, 0.717) is 5.02 Å². The maximum atomic E-state index is 9.59. The first-order chi connectivity index (χ1) is 7.96. The van der Waals surface area contributed by atoms with Crippen LogP contribution in [0, 0.1) is 0 Å². The molecular formula is C12H15Cl2NOS. The molecule has 0 amide bonds. The zero-order valence-electron chi connectivity index (χ0n) is 9.62. The Balaban J connectivity index is 1.77. The van der Waals surface area contributed by atoms with Crippen molar-refractivity contribution in [2.45, 2.75) is 17.4 Å². The van der Waals surface area contributed by atoms with Crippen LogP contribution in [-0.4, -0.2) is 41.0 Å². The van der Waals surface area contributed by atoms with Gasteiger partial charge in [0.2, 0.25) is 0 Å². The molecule has 17 heavy (non-hydrogen) atoms. The summed E-state index contributed by atoms with van der Waals surface area (Å²) in [5.74, 6) is 0.955. The molecule has 1 aromatic rings. The van der Waals surface area contributed by atoms with Crippen LogP contribution in [0.2, 0.25) is 10.0 Å². The number of thioether (sulfide) groups is 1. The Morgan fingerprint density at radius 2 is 2.12 bits per heavy atom. The van der Waals surface area contributed by atoms with Crippen LogP contribution in [0.15, 0.2) is 23.1 Å². The van der Waals surface area contributed by atoms with Crippen molar-refractivity contribution in [2.75, 3.05) is 25.4 Å². The van der Waals surface area contributed by atoms with Crippen molar-refractivity contribution in [1.82, 2.24) is 4.90 Å². The van der Waals surface area contributed by atoms with Gasteiger partial charge in [-0.2, -0.15) is 0 Å². The summed E-state index contributed by atoms with van der Waals surface area (Å²) in [6.07, 6.45) is 0. The molecule has 5 heteroatoms. The van der Waals surface area contributed by atoms with E-state index in [1.807, 2.05) is 19.1 Å². The molecule has 0 aliphatic carbocycles. The van der Waals surface area contributed by atoms with E-state index >= 15 is 0 Å². The number of halogens is 2. The molecule has 0 bridgehead atoms. The van der Waals surface area contributed by atoms with Gasteiger partial charge >= 0.3 is 0 Å². The number of hydrogen-bond acceptors (Lipinski definition) is 3. The van der Waals surface area contributed by atoms with Gasteiger partial charge < -0.3 is 5.11 Å². The Bertz CT molecular complexity index is 403. The molecule has 1 aromatic carbocycles. The highest BCUT2D eigenvalue weighted by molar-refractivity contribution is 7.99. The fourth-order valence-corrected chi connectivity index (χ4v) is 3.45. The van der Waals surface area contributed by atoms with Crippen LogP contribution in [0.1, 0.15) is 6.92 Å². The summed E-state index contributed by atoms with van der Waals surface area (Å²) >= 11 is 13.7. The average molecular weight is 292 g/mol. The summed E-state index contributed by atoms with van der Waals surface area (Å²) in [6, 6.07) is 5.50. The first-order valence-electron chi connectivity index (χ1n) is 5.49. The molecule has 1 N–H and O–H groups in total. The predicted molar refractivity (Wildman–Crippen MR) is 74.2 cm³/mol. The van der Waals surface area contributed by atoms with Gasteiger partial charge in [0.15, 0.2) is 0 Å². The van der Waals surface area contributed by atoms with Gasteiger partial charge in [-0.05, 0) is 25.1 Å². The van der Waals surface area contributed by atoms with Crippen LogP contribution in [0.4, 0.5) is 0 Å². The molecule has 1 saturated heterocycles. The summed E-state index contributed by atoms with van der Waals surface area (Å²) in [5, 5.41) is 11.1. The molecule has 0 saturated carbocycles. The van der Waals surface area contributed by atoms with Gasteiger partial charge in [0, 0.05) is 35.3 Å². The third kappa shape index (κ3) is 3.76. The molecule has 94 valence electrons. The second-order valence-electron chi connectivity index (χ2n) is 4.63. The molecule has 1 fully saturated rings. The minimum absolute atomic E-state index is 0.488. The number of rotatable bonds is 4. The molecule has 1 heterocycles. The van der Waals surface area contributed by atoms with Gasteiger partial charge in [-0.3, -0.25) is 4.90 Å². The van der Waals surface area contributed by atoms with Gasteiger partial charge in [-0.15, -0.1) is 11.8 Å². The largest absolute Gasteiger partial charge is 0.388 e. The van der Waals surface area contributed by atoms with Crippen molar-refractivity contribution >= 4 is 35.0 Å². The molecule has 1 aliphatic heterocycles. The van der Waals surface area contributed by atoms with Crippen molar-refractivity contribution < 1.29 is 5.11 Å². The van der Waals surface area contributed by atoms with Crippen LogP contribution in [-0.2, 0) is 0 Å². The van der Waals surface area contributed by atoms with Crippen molar-refractivity contribution in [3.8, 4) is 0 Å². The topological polar surface area (TPSA) is 23.5 Å². The molecule has 2 rings (SSSR count). The Morgan fingerprint density at radius 1 is 1.41 bits per heavy atom. The second-order valence-corrected chi connectivity index (χ2v) is 6.61. The lowest BCUT2D eigenvalue weighted by Gasteiger charge is -2.44. The van der Waals surface area contributed by atoms with Gasteiger partial charge in [0.05, 0.1) is 10.6 Å². The van der Waals surface area contributed by atoms with Crippen LogP contribution in [0.25, 0.3) is 0 Å². The quantitative estimate of drug-likeness (QED) is 0.862. The van der Waals surface area contributed by atoms with Crippen molar-refractivity contribution in [1.29, 1.82) is 0 Å². The Kier molecular flexibility index (Phi) is 4.26. The minimum atomic E-state index is -0.488. The number of benzene rings is 1. The van der Waals surface area contributed by atoms with Crippen LogP contribution in [0.5, 0.6) is 0 Å². The fraction of sp³-hybridized carbons (Fsp3) is 0.500. The third-order valence-corrected chi connectivity index (χ3v) is 4.40. The minimum Gasteiger partial charge on any atom is -0.388 e. The third-order valence-electron chi connectivity index (χ3n) is 2.69. The number of hydrogen-bond donors (Lipinski definition) is 1. The van der Waals surface area contributed by atoms with E-state index in [4.69, 9.17) is 23.2 Å². The molecule has 0 spiro atoms. The van der Waals surface area contributed by atoms with E-state index in [9.17, 15) is 5.11 Å². The maximum absolute atomic E-state index is 9.59. The van der Waals surface area contributed by atoms with Crippen LogP contribution >= 0.6 is 35.0 Å². The van der Waals surface area contributed by atoms with Gasteiger partial charge in [0.1, 0.15) is 0 Å². The summed E-state index contributed by atoms with van der Waals surface area (Å²) in [7, 11) is 0. The normalized spacial score (nSPS) is 19.1. The zero-order chi connectivity index (χ0) is 12.5. The molecule has 0 unspecified atom stereocenters. The van der Waals surface area contributed by atoms with Crippen LogP contribution < -0.4 is 0 Å². The Labute approximate surface area is 116 Å². The Morgan fingerprint density at radius 3 is 2.76 bits per heavy atom. The molecule has 1 aliphatic rings. The lowest BCUT2D eigenvalue weighted by atomic mass is 9.97. The summed E-state index contributed by atoms with van der Waals surface area (Å²) < 4.78 is 0.